The summed E-state index contributed by atoms with van der Waals surface area (Å²) in [6, 6.07) is 3.39. The third kappa shape index (κ3) is 2.01. The number of nitrogens with zero attached hydrogens (tertiary/aromatic N) is 1. The highest BCUT2D eigenvalue weighted by atomic mass is 16.5. The van der Waals surface area contributed by atoms with E-state index in [1.54, 1.807) is 6.07 Å². The van der Waals surface area contributed by atoms with Crippen LogP contribution in [-0.2, 0) is 0 Å². The highest BCUT2D eigenvalue weighted by Gasteiger charge is 2.21. The summed E-state index contributed by atoms with van der Waals surface area (Å²) >= 11 is 0. The minimum atomic E-state index is -0.998. The lowest BCUT2D eigenvalue weighted by atomic mass is 10.0. The highest BCUT2D eigenvalue weighted by Crippen LogP contribution is 2.34. The zero-order valence-corrected chi connectivity index (χ0v) is 9.27. The first-order chi connectivity index (χ1) is 7.72. The van der Waals surface area contributed by atoms with E-state index in [4.69, 9.17) is 9.84 Å². The molecule has 0 atom stereocenters. The van der Waals surface area contributed by atoms with Crippen LogP contribution in [0.25, 0.3) is 0 Å². The fourth-order valence-corrected chi connectivity index (χ4v) is 2.22. The maximum Gasteiger partial charge on any atom is 0.341 e. The van der Waals surface area contributed by atoms with Crippen molar-refractivity contribution in [2.24, 2.45) is 0 Å². The SMILES string of the molecule is COc1nc(C2CCCC2)ccc1C(=O)O. The largest absolute Gasteiger partial charge is 0.480 e. The van der Waals surface area contributed by atoms with Crippen LogP contribution in [-0.4, -0.2) is 23.2 Å². The van der Waals surface area contributed by atoms with Gasteiger partial charge in [-0.3, -0.25) is 0 Å². The summed E-state index contributed by atoms with van der Waals surface area (Å²) in [5.74, 6) is -0.309. The smallest absolute Gasteiger partial charge is 0.341 e. The Morgan fingerprint density at radius 2 is 2.12 bits per heavy atom. The predicted octanol–water partition coefficient (Wildman–Crippen LogP) is 2.45. The number of carboxylic acid groups (broad SMARTS) is 1. The van der Waals surface area contributed by atoms with Crippen molar-refractivity contribution in [3.63, 3.8) is 0 Å². The third-order valence-electron chi connectivity index (χ3n) is 3.08. The molecule has 16 heavy (non-hydrogen) atoms. The fraction of sp³-hybridized carbons (Fsp3) is 0.500. The summed E-state index contributed by atoms with van der Waals surface area (Å²) in [6.07, 6.45) is 4.75. The van der Waals surface area contributed by atoms with Gasteiger partial charge in [0.1, 0.15) is 5.56 Å². The van der Waals surface area contributed by atoms with Gasteiger partial charge in [-0.2, -0.15) is 0 Å². The lowest BCUT2D eigenvalue weighted by molar-refractivity contribution is 0.0692. The van der Waals surface area contributed by atoms with Crippen LogP contribution in [0.3, 0.4) is 0 Å². The first-order valence-electron chi connectivity index (χ1n) is 5.50. The van der Waals surface area contributed by atoms with Gasteiger partial charge in [-0.1, -0.05) is 12.8 Å². The van der Waals surface area contributed by atoms with E-state index in [-0.39, 0.29) is 11.4 Å². The molecule has 0 amide bonds. The Morgan fingerprint density at radius 1 is 1.44 bits per heavy atom. The van der Waals surface area contributed by atoms with Crippen molar-refractivity contribution in [1.29, 1.82) is 0 Å². The van der Waals surface area contributed by atoms with Crippen LogP contribution < -0.4 is 4.74 Å². The number of carbonyl (C=O) groups is 1. The molecule has 2 rings (SSSR count). The average molecular weight is 221 g/mol. The van der Waals surface area contributed by atoms with Crippen molar-refractivity contribution in [3.8, 4) is 5.88 Å². The lowest BCUT2D eigenvalue weighted by Gasteiger charge is -2.11. The Kier molecular flexibility index (Phi) is 3.08. The van der Waals surface area contributed by atoms with Crippen molar-refractivity contribution in [3.05, 3.63) is 23.4 Å². The molecule has 1 N–H and O–H groups in total. The Labute approximate surface area is 94.3 Å². The van der Waals surface area contributed by atoms with Gasteiger partial charge in [0.05, 0.1) is 7.11 Å². The summed E-state index contributed by atoms with van der Waals surface area (Å²) in [6.45, 7) is 0. The first kappa shape index (κ1) is 10.9. The van der Waals surface area contributed by atoms with Gasteiger partial charge in [0.15, 0.2) is 0 Å². The summed E-state index contributed by atoms with van der Waals surface area (Å²) in [7, 11) is 1.45. The van der Waals surface area contributed by atoms with Crippen molar-refractivity contribution >= 4 is 5.97 Å². The van der Waals surface area contributed by atoms with E-state index in [0.717, 1.165) is 18.5 Å². The monoisotopic (exact) mass is 221 g/mol. The molecule has 1 aromatic heterocycles. The number of carboxylic acids is 1. The molecule has 1 aliphatic carbocycles. The average Bonchev–Trinajstić information content (AvgIpc) is 2.81. The van der Waals surface area contributed by atoms with Gasteiger partial charge < -0.3 is 9.84 Å². The summed E-state index contributed by atoms with van der Waals surface area (Å²) in [4.78, 5) is 15.2. The fourth-order valence-electron chi connectivity index (χ4n) is 2.22. The Morgan fingerprint density at radius 3 is 2.69 bits per heavy atom. The lowest BCUT2D eigenvalue weighted by Crippen LogP contribution is -2.05. The van der Waals surface area contributed by atoms with E-state index >= 15 is 0 Å². The molecule has 0 bridgehead atoms. The van der Waals surface area contributed by atoms with Crippen molar-refractivity contribution in [2.75, 3.05) is 7.11 Å². The van der Waals surface area contributed by atoms with Crippen LogP contribution in [0.15, 0.2) is 12.1 Å². The Bertz CT molecular complexity index is 397. The Balaban J connectivity index is 2.32. The number of rotatable bonds is 3. The number of aromatic carboxylic acids is 1. The van der Waals surface area contributed by atoms with Crippen LogP contribution in [0.4, 0.5) is 0 Å². The molecule has 0 aromatic carbocycles. The van der Waals surface area contributed by atoms with Gasteiger partial charge in [0.2, 0.25) is 5.88 Å². The molecular weight excluding hydrogens is 206 g/mol. The molecule has 1 fully saturated rings. The molecule has 1 aromatic rings. The molecule has 4 heteroatoms. The second kappa shape index (κ2) is 4.51. The second-order valence-electron chi connectivity index (χ2n) is 4.08. The van der Waals surface area contributed by atoms with Gasteiger partial charge in [-0.25, -0.2) is 9.78 Å². The van der Waals surface area contributed by atoms with Crippen LogP contribution in [0, 0.1) is 0 Å². The van der Waals surface area contributed by atoms with E-state index in [9.17, 15) is 4.79 Å². The topological polar surface area (TPSA) is 59.4 Å². The molecule has 0 aliphatic heterocycles. The maximum absolute atomic E-state index is 10.9. The minimum absolute atomic E-state index is 0.129. The molecule has 0 radical (unpaired) electrons. The van der Waals surface area contributed by atoms with E-state index < -0.39 is 5.97 Å². The number of pyridine rings is 1. The molecule has 86 valence electrons. The van der Waals surface area contributed by atoms with Gasteiger partial charge in [-0.05, 0) is 25.0 Å². The summed E-state index contributed by atoms with van der Waals surface area (Å²) in [5, 5.41) is 8.93. The zero-order chi connectivity index (χ0) is 11.5. The zero-order valence-electron chi connectivity index (χ0n) is 9.27. The van der Waals surface area contributed by atoms with Crippen LogP contribution in [0.5, 0.6) is 5.88 Å². The maximum atomic E-state index is 10.9. The van der Waals surface area contributed by atoms with E-state index in [1.165, 1.54) is 20.0 Å². The number of hydrogen-bond acceptors (Lipinski definition) is 3. The van der Waals surface area contributed by atoms with Crippen LogP contribution >= 0.6 is 0 Å². The number of aromatic nitrogens is 1. The van der Waals surface area contributed by atoms with Crippen molar-refractivity contribution in [2.45, 2.75) is 31.6 Å². The number of ether oxygens (including phenoxy) is 1. The second-order valence-corrected chi connectivity index (χ2v) is 4.08. The van der Waals surface area contributed by atoms with Gasteiger partial charge in [-0.15, -0.1) is 0 Å². The van der Waals surface area contributed by atoms with Gasteiger partial charge in [0, 0.05) is 11.6 Å². The minimum Gasteiger partial charge on any atom is -0.480 e. The van der Waals surface area contributed by atoms with Crippen molar-refractivity contribution < 1.29 is 14.6 Å². The van der Waals surface area contributed by atoms with Crippen LogP contribution in [0.2, 0.25) is 0 Å². The molecule has 1 heterocycles. The normalized spacial score (nSPS) is 16.3. The Hall–Kier alpha value is -1.58. The molecule has 1 saturated carbocycles. The van der Waals surface area contributed by atoms with E-state index in [0.29, 0.717) is 5.92 Å². The number of hydrogen-bond donors (Lipinski definition) is 1. The first-order valence-corrected chi connectivity index (χ1v) is 5.50. The highest BCUT2D eigenvalue weighted by molar-refractivity contribution is 5.90. The molecule has 0 saturated heterocycles. The third-order valence-corrected chi connectivity index (χ3v) is 3.08. The summed E-state index contributed by atoms with van der Waals surface area (Å²) in [5.41, 5.74) is 1.09. The van der Waals surface area contributed by atoms with Gasteiger partial charge >= 0.3 is 5.97 Å². The number of methoxy groups -OCH3 is 1. The predicted molar refractivity (Wildman–Crippen MR) is 59.0 cm³/mol. The molecule has 0 spiro atoms. The molecular formula is C12H15NO3. The van der Waals surface area contributed by atoms with Crippen LogP contribution in [0.1, 0.15) is 47.7 Å². The molecule has 4 nitrogen and oxygen atoms in total. The standard InChI is InChI=1S/C12H15NO3/c1-16-11-9(12(14)15)6-7-10(13-11)8-4-2-3-5-8/h6-8H,2-5H2,1H3,(H,14,15). The van der Waals surface area contributed by atoms with Gasteiger partial charge in [0.25, 0.3) is 0 Å². The quantitative estimate of drug-likeness (QED) is 0.851. The summed E-state index contributed by atoms with van der Waals surface area (Å²) < 4.78 is 5.01. The van der Waals surface area contributed by atoms with E-state index in [2.05, 4.69) is 4.98 Å². The molecule has 0 unspecified atom stereocenters. The molecule has 1 aliphatic rings. The van der Waals surface area contributed by atoms with Crippen molar-refractivity contribution in [1.82, 2.24) is 4.98 Å². The van der Waals surface area contributed by atoms with E-state index in [1.807, 2.05) is 6.07 Å².